The highest BCUT2D eigenvalue weighted by Crippen LogP contribution is 2.30. The minimum atomic E-state index is -0.817. The third kappa shape index (κ3) is 4.44. The second kappa shape index (κ2) is 6.91. The Kier molecular flexibility index (Phi) is 5.75. The monoisotopic (exact) mass is 298 g/mol. The van der Waals surface area contributed by atoms with Crippen LogP contribution in [0.15, 0.2) is 0 Å². The Labute approximate surface area is 126 Å². The fourth-order valence-electron chi connectivity index (χ4n) is 2.62. The maximum atomic E-state index is 12.6. The fourth-order valence-corrected chi connectivity index (χ4v) is 2.62. The zero-order chi connectivity index (χ0) is 16.2. The molecule has 0 spiro atoms. The zero-order valence-corrected chi connectivity index (χ0v) is 13.3. The minimum absolute atomic E-state index is 0.176. The molecule has 1 heterocycles. The molecule has 1 saturated heterocycles. The molecule has 0 aromatic rings. The maximum absolute atomic E-state index is 12.6. The summed E-state index contributed by atoms with van der Waals surface area (Å²) < 4.78 is 5.04. The molecule has 120 valence electrons. The molecule has 21 heavy (non-hydrogen) atoms. The van der Waals surface area contributed by atoms with E-state index in [-0.39, 0.29) is 24.3 Å². The van der Waals surface area contributed by atoms with Crippen LogP contribution < -0.4 is 5.73 Å². The lowest BCUT2D eigenvalue weighted by Crippen LogP contribution is -2.49. The van der Waals surface area contributed by atoms with Gasteiger partial charge in [-0.05, 0) is 25.2 Å². The van der Waals surface area contributed by atoms with Crippen molar-refractivity contribution in [3.05, 3.63) is 0 Å². The number of piperidine rings is 1. The third-order valence-electron chi connectivity index (χ3n) is 3.84. The van der Waals surface area contributed by atoms with E-state index in [4.69, 9.17) is 10.5 Å². The number of nitrogens with two attached hydrogens (primary N) is 1. The number of primary amides is 1. The third-order valence-corrected chi connectivity index (χ3v) is 3.84. The number of hydrogen-bond acceptors (Lipinski definition) is 4. The number of amides is 2. The van der Waals surface area contributed by atoms with Crippen LogP contribution in [0.3, 0.4) is 0 Å². The fraction of sp³-hybridized carbons (Fsp3) is 0.800. The van der Waals surface area contributed by atoms with E-state index in [1.165, 1.54) is 0 Å². The van der Waals surface area contributed by atoms with Crippen molar-refractivity contribution >= 4 is 17.8 Å². The summed E-state index contributed by atoms with van der Waals surface area (Å²) in [4.78, 5) is 37.6. The first-order valence-electron chi connectivity index (χ1n) is 7.43. The Bertz CT molecular complexity index is 406. The number of carbonyl (C=O) groups is 3. The lowest BCUT2D eigenvalue weighted by atomic mass is 9.79. The van der Waals surface area contributed by atoms with Crippen molar-refractivity contribution in [2.24, 2.45) is 23.0 Å². The van der Waals surface area contributed by atoms with Crippen molar-refractivity contribution in [3.8, 4) is 0 Å². The zero-order valence-electron chi connectivity index (χ0n) is 13.3. The number of nitrogens with zero attached hydrogens (tertiary/aromatic N) is 1. The molecule has 6 heteroatoms. The average molecular weight is 298 g/mol. The summed E-state index contributed by atoms with van der Waals surface area (Å²) in [5.74, 6) is -2.01. The second-order valence-corrected chi connectivity index (χ2v) is 6.55. The molecule has 2 amide bonds. The van der Waals surface area contributed by atoms with Gasteiger partial charge in [-0.3, -0.25) is 14.4 Å². The van der Waals surface area contributed by atoms with E-state index in [9.17, 15) is 14.4 Å². The normalized spacial score (nSPS) is 18.2. The van der Waals surface area contributed by atoms with Gasteiger partial charge >= 0.3 is 5.97 Å². The Morgan fingerprint density at radius 3 is 2.14 bits per heavy atom. The van der Waals surface area contributed by atoms with Crippen molar-refractivity contribution < 1.29 is 19.1 Å². The molecule has 0 bridgehead atoms. The Balaban J connectivity index is 2.78. The Hall–Kier alpha value is -1.59. The molecule has 1 aliphatic heterocycles. The van der Waals surface area contributed by atoms with E-state index in [1.54, 1.807) is 11.8 Å². The number of ether oxygens (including phenoxy) is 1. The molecule has 1 rings (SSSR count). The van der Waals surface area contributed by atoms with E-state index >= 15 is 0 Å². The van der Waals surface area contributed by atoms with Gasteiger partial charge in [0.05, 0.1) is 6.61 Å². The van der Waals surface area contributed by atoms with Crippen LogP contribution in [0.25, 0.3) is 0 Å². The summed E-state index contributed by atoms with van der Waals surface area (Å²) >= 11 is 0. The summed E-state index contributed by atoms with van der Waals surface area (Å²) in [6.45, 7) is 8.44. The van der Waals surface area contributed by atoms with Crippen molar-refractivity contribution in [1.29, 1.82) is 0 Å². The van der Waals surface area contributed by atoms with Crippen LogP contribution in [-0.4, -0.2) is 42.4 Å². The molecule has 1 aliphatic rings. The standard InChI is InChI=1S/C15H26N2O4/c1-5-21-14(20)11(15(2,3)4)13(19)17-8-6-10(7-9-17)12(16)18/h10-11H,5-9H2,1-4H3,(H2,16,18). The van der Waals surface area contributed by atoms with Crippen molar-refractivity contribution in [1.82, 2.24) is 4.90 Å². The highest BCUT2D eigenvalue weighted by Gasteiger charge is 2.42. The van der Waals surface area contributed by atoms with Gasteiger partial charge in [-0.25, -0.2) is 0 Å². The molecule has 2 N–H and O–H groups in total. The van der Waals surface area contributed by atoms with Crippen molar-refractivity contribution in [2.45, 2.75) is 40.5 Å². The van der Waals surface area contributed by atoms with E-state index < -0.39 is 17.3 Å². The van der Waals surface area contributed by atoms with Crippen LogP contribution in [0.5, 0.6) is 0 Å². The quantitative estimate of drug-likeness (QED) is 0.617. The van der Waals surface area contributed by atoms with Gasteiger partial charge in [0.1, 0.15) is 5.92 Å². The molecule has 0 aromatic carbocycles. The molecule has 1 fully saturated rings. The van der Waals surface area contributed by atoms with Crippen LogP contribution >= 0.6 is 0 Å². The van der Waals surface area contributed by atoms with Crippen molar-refractivity contribution in [3.63, 3.8) is 0 Å². The van der Waals surface area contributed by atoms with Gasteiger partial charge in [-0.2, -0.15) is 0 Å². The first kappa shape index (κ1) is 17.5. The molecule has 0 aliphatic carbocycles. The van der Waals surface area contributed by atoms with E-state index in [2.05, 4.69) is 0 Å². The largest absolute Gasteiger partial charge is 0.465 e. The van der Waals surface area contributed by atoms with Crippen molar-refractivity contribution in [2.75, 3.05) is 19.7 Å². The van der Waals surface area contributed by atoms with Gasteiger partial charge < -0.3 is 15.4 Å². The highest BCUT2D eigenvalue weighted by molar-refractivity contribution is 5.98. The van der Waals surface area contributed by atoms with E-state index in [0.717, 1.165) is 0 Å². The van der Waals surface area contributed by atoms with Gasteiger partial charge in [0.15, 0.2) is 0 Å². The second-order valence-electron chi connectivity index (χ2n) is 6.55. The lowest BCUT2D eigenvalue weighted by molar-refractivity contribution is -0.161. The minimum Gasteiger partial charge on any atom is -0.465 e. The molecule has 0 saturated carbocycles. The van der Waals surface area contributed by atoms with Crippen LogP contribution in [0, 0.1) is 17.3 Å². The van der Waals surface area contributed by atoms with Crippen LogP contribution in [0.2, 0.25) is 0 Å². The predicted octanol–water partition coefficient (Wildman–Crippen LogP) is 0.936. The number of esters is 1. The van der Waals surface area contributed by atoms with Crippen LogP contribution in [0.1, 0.15) is 40.5 Å². The topological polar surface area (TPSA) is 89.7 Å². The van der Waals surface area contributed by atoms with Gasteiger partial charge in [-0.15, -0.1) is 0 Å². The summed E-state index contributed by atoms with van der Waals surface area (Å²) in [5, 5.41) is 0. The maximum Gasteiger partial charge on any atom is 0.319 e. The van der Waals surface area contributed by atoms with E-state index in [0.29, 0.717) is 25.9 Å². The van der Waals surface area contributed by atoms with E-state index in [1.807, 2.05) is 20.8 Å². The first-order chi connectivity index (χ1) is 9.68. The van der Waals surface area contributed by atoms with Gasteiger partial charge in [0.25, 0.3) is 0 Å². The number of hydrogen-bond donors (Lipinski definition) is 1. The van der Waals surface area contributed by atoms with Crippen LogP contribution in [-0.2, 0) is 19.1 Å². The highest BCUT2D eigenvalue weighted by atomic mass is 16.5. The molecular formula is C15H26N2O4. The molecule has 0 aromatic heterocycles. The number of likely N-dealkylation sites (tertiary alicyclic amines) is 1. The summed E-state index contributed by atoms with van der Waals surface area (Å²) in [6, 6.07) is 0. The van der Waals surface area contributed by atoms with Gasteiger partial charge in [-0.1, -0.05) is 20.8 Å². The lowest BCUT2D eigenvalue weighted by Gasteiger charge is -2.36. The SMILES string of the molecule is CCOC(=O)C(C(=O)N1CCC(C(N)=O)CC1)C(C)(C)C. The molecule has 1 atom stereocenters. The van der Waals surface area contributed by atoms with Gasteiger partial charge in [0, 0.05) is 19.0 Å². The molecule has 6 nitrogen and oxygen atoms in total. The number of carbonyl (C=O) groups excluding carboxylic acids is 3. The summed E-state index contributed by atoms with van der Waals surface area (Å²) in [6.07, 6.45) is 1.11. The Morgan fingerprint density at radius 1 is 1.24 bits per heavy atom. The number of rotatable bonds is 4. The average Bonchev–Trinajstić information content (AvgIpc) is 2.37. The molecular weight excluding hydrogens is 272 g/mol. The smallest absolute Gasteiger partial charge is 0.319 e. The summed E-state index contributed by atoms with van der Waals surface area (Å²) in [5.41, 5.74) is 4.78. The Morgan fingerprint density at radius 2 is 1.76 bits per heavy atom. The molecule has 0 radical (unpaired) electrons. The first-order valence-corrected chi connectivity index (χ1v) is 7.43. The molecule has 1 unspecified atom stereocenters. The predicted molar refractivity (Wildman–Crippen MR) is 78.1 cm³/mol. The summed E-state index contributed by atoms with van der Waals surface area (Å²) in [7, 11) is 0. The van der Waals surface area contributed by atoms with Crippen LogP contribution in [0.4, 0.5) is 0 Å². The van der Waals surface area contributed by atoms with Gasteiger partial charge in [0.2, 0.25) is 11.8 Å².